The number of nitrogens with zero attached hydrogens (tertiary/aromatic N) is 1. The van der Waals surface area contributed by atoms with Crippen molar-refractivity contribution in [3.63, 3.8) is 0 Å². The number of aromatic nitrogens is 1. The van der Waals surface area contributed by atoms with Gasteiger partial charge in [0, 0.05) is 6.20 Å². The number of halogens is 1. The van der Waals surface area contributed by atoms with E-state index in [2.05, 4.69) is 10.3 Å². The Morgan fingerprint density at radius 3 is 2.91 bits per heavy atom. The molecule has 0 atom stereocenters. The minimum absolute atomic E-state index is 0.418. The van der Waals surface area contributed by atoms with Crippen LogP contribution in [-0.4, -0.2) is 18.6 Å². The van der Waals surface area contributed by atoms with Gasteiger partial charge in [0.15, 0.2) is 0 Å². The monoisotopic (exact) mass is 154 g/mol. The van der Waals surface area contributed by atoms with E-state index in [1.807, 2.05) is 7.05 Å². The van der Waals surface area contributed by atoms with E-state index in [0.29, 0.717) is 0 Å². The Hall–Kier alpha value is -0.960. The molecule has 1 aromatic heterocycles. The Bertz CT molecular complexity index is 208. The predicted molar refractivity (Wildman–Crippen MR) is 41.8 cm³/mol. The van der Waals surface area contributed by atoms with Crippen LogP contribution in [0.25, 0.3) is 0 Å². The fraction of sp³-hybridized carbons (Fsp3) is 0.375. The summed E-state index contributed by atoms with van der Waals surface area (Å²) in [7, 11) is 1.89. The molecule has 0 unspecified atom stereocenters. The molecule has 0 amide bonds. The van der Waals surface area contributed by atoms with Crippen LogP contribution in [0.5, 0.6) is 0 Å². The molecule has 0 radical (unpaired) electrons. The first kappa shape index (κ1) is 8.14. The zero-order valence-corrected chi connectivity index (χ0v) is 6.47. The molecule has 0 aliphatic rings. The molecule has 0 saturated heterocycles. The molecule has 0 spiro atoms. The van der Waals surface area contributed by atoms with E-state index >= 15 is 0 Å². The summed E-state index contributed by atoms with van der Waals surface area (Å²) >= 11 is 0. The summed E-state index contributed by atoms with van der Waals surface area (Å²) in [6.45, 7) is 0.896. The Labute approximate surface area is 65.5 Å². The van der Waals surface area contributed by atoms with Gasteiger partial charge in [-0.15, -0.1) is 0 Å². The van der Waals surface area contributed by atoms with E-state index in [4.69, 9.17) is 0 Å². The van der Waals surface area contributed by atoms with Crippen LogP contribution in [-0.2, 0) is 6.42 Å². The van der Waals surface area contributed by atoms with Crippen molar-refractivity contribution in [2.24, 2.45) is 0 Å². The molecule has 3 heteroatoms. The molecule has 1 rings (SSSR count). The molecule has 1 aromatic rings. The van der Waals surface area contributed by atoms with Crippen molar-refractivity contribution in [3.05, 3.63) is 29.8 Å². The summed E-state index contributed by atoms with van der Waals surface area (Å²) in [6.07, 6.45) is 2.45. The molecule has 0 aliphatic carbocycles. The van der Waals surface area contributed by atoms with Crippen LogP contribution >= 0.6 is 0 Å². The Morgan fingerprint density at radius 2 is 2.36 bits per heavy atom. The lowest BCUT2D eigenvalue weighted by atomic mass is 10.2. The van der Waals surface area contributed by atoms with Crippen molar-refractivity contribution in [2.75, 3.05) is 13.6 Å². The van der Waals surface area contributed by atoms with Crippen LogP contribution in [0.15, 0.2) is 18.3 Å². The number of rotatable bonds is 3. The Morgan fingerprint density at radius 1 is 1.55 bits per heavy atom. The second kappa shape index (κ2) is 4.03. The van der Waals surface area contributed by atoms with E-state index in [0.717, 1.165) is 18.5 Å². The molecular formula is C8H11FN2. The molecule has 1 heterocycles. The lowest BCUT2D eigenvalue weighted by molar-refractivity contribution is 0.582. The standard InChI is InChI=1S/C8H11FN2/c1-10-5-4-7-2-3-8(9)11-6-7/h2-3,6,10H,4-5H2,1H3. The summed E-state index contributed by atoms with van der Waals surface area (Å²) in [6, 6.07) is 3.13. The molecule has 0 bridgehead atoms. The van der Waals surface area contributed by atoms with Gasteiger partial charge in [0.2, 0.25) is 5.95 Å². The molecule has 2 nitrogen and oxygen atoms in total. The van der Waals surface area contributed by atoms with Crippen LogP contribution in [0.1, 0.15) is 5.56 Å². The zero-order valence-electron chi connectivity index (χ0n) is 6.47. The van der Waals surface area contributed by atoms with Crippen molar-refractivity contribution in [3.8, 4) is 0 Å². The minimum atomic E-state index is -0.418. The van der Waals surface area contributed by atoms with Gasteiger partial charge >= 0.3 is 0 Å². The minimum Gasteiger partial charge on any atom is -0.319 e. The van der Waals surface area contributed by atoms with Crippen LogP contribution in [0.3, 0.4) is 0 Å². The summed E-state index contributed by atoms with van der Waals surface area (Å²) in [5.74, 6) is -0.418. The van der Waals surface area contributed by atoms with E-state index < -0.39 is 5.95 Å². The van der Waals surface area contributed by atoms with Crippen LogP contribution < -0.4 is 5.32 Å². The third-order valence-electron chi connectivity index (χ3n) is 1.45. The summed E-state index contributed by atoms with van der Waals surface area (Å²) < 4.78 is 12.3. The molecule has 60 valence electrons. The molecule has 0 saturated carbocycles. The van der Waals surface area contributed by atoms with Gasteiger partial charge in [0.05, 0.1) is 0 Å². The highest BCUT2D eigenvalue weighted by atomic mass is 19.1. The maximum absolute atomic E-state index is 12.3. The highest BCUT2D eigenvalue weighted by Gasteiger charge is 1.92. The molecule has 0 aromatic carbocycles. The number of likely N-dealkylation sites (N-methyl/N-ethyl adjacent to an activating group) is 1. The topological polar surface area (TPSA) is 24.9 Å². The average Bonchev–Trinajstić information content (AvgIpc) is 2.04. The van der Waals surface area contributed by atoms with Crippen LogP contribution in [0, 0.1) is 5.95 Å². The quantitative estimate of drug-likeness (QED) is 0.656. The first-order valence-electron chi connectivity index (χ1n) is 3.58. The summed E-state index contributed by atoms with van der Waals surface area (Å²) in [5, 5.41) is 3.01. The van der Waals surface area contributed by atoms with Crippen LogP contribution in [0.2, 0.25) is 0 Å². The van der Waals surface area contributed by atoms with Gasteiger partial charge < -0.3 is 5.32 Å². The van der Waals surface area contributed by atoms with E-state index in [1.165, 1.54) is 6.07 Å². The van der Waals surface area contributed by atoms with Gasteiger partial charge in [-0.2, -0.15) is 4.39 Å². The van der Waals surface area contributed by atoms with Gasteiger partial charge in [0.1, 0.15) is 0 Å². The first-order valence-corrected chi connectivity index (χ1v) is 3.58. The van der Waals surface area contributed by atoms with Crippen LogP contribution in [0.4, 0.5) is 4.39 Å². The highest BCUT2D eigenvalue weighted by Crippen LogP contribution is 1.98. The Kier molecular flexibility index (Phi) is 2.98. The van der Waals surface area contributed by atoms with Crippen molar-refractivity contribution < 1.29 is 4.39 Å². The molecule has 0 aliphatic heterocycles. The van der Waals surface area contributed by atoms with Gasteiger partial charge in [-0.1, -0.05) is 6.07 Å². The molecule has 11 heavy (non-hydrogen) atoms. The number of hydrogen-bond acceptors (Lipinski definition) is 2. The number of hydrogen-bond donors (Lipinski definition) is 1. The van der Waals surface area contributed by atoms with Gasteiger partial charge in [-0.05, 0) is 31.6 Å². The third kappa shape index (κ3) is 2.63. The number of nitrogens with one attached hydrogen (secondary N) is 1. The van der Waals surface area contributed by atoms with Crippen molar-refractivity contribution in [2.45, 2.75) is 6.42 Å². The maximum Gasteiger partial charge on any atom is 0.212 e. The molecule has 1 N–H and O–H groups in total. The fourth-order valence-corrected chi connectivity index (χ4v) is 0.824. The molecular weight excluding hydrogens is 143 g/mol. The van der Waals surface area contributed by atoms with Crippen molar-refractivity contribution in [1.82, 2.24) is 10.3 Å². The van der Waals surface area contributed by atoms with Crippen molar-refractivity contribution in [1.29, 1.82) is 0 Å². The van der Waals surface area contributed by atoms with Crippen molar-refractivity contribution >= 4 is 0 Å². The van der Waals surface area contributed by atoms with Gasteiger partial charge in [-0.3, -0.25) is 0 Å². The lowest BCUT2D eigenvalue weighted by Gasteiger charge is -1.98. The SMILES string of the molecule is CNCCc1ccc(F)nc1. The zero-order chi connectivity index (χ0) is 8.10. The van der Waals surface area contributed by atoms with Gasteiger partial charge in [-0.25, -0.2) is 4.98 Å². The Balaban J connectivity index is 2.52. The first-order chi connectivity index (χ1) is 5.33. The van der Waals surface area contributed by atoms with E-state index in [1.54, 1.807) is 12.3 Å². The lowest BCUT2D eigenvalue weighted by Crippen LogP contribution is -2.10. The molecule has 0 fully saturated rings. The normalized spacial score (nSPS) is 10.0. The predicted octanol–water partition coefficient (Wildman–Crippen LogP) is 0.983. The summed E-state index contributed by atoms with van der Waals surface area (Å²) in [5.41, 5.74) is 1.06. The third-order valence-corrected chi connectivity index (χ3v) is 1.45. The van der Waals surface area contributed by atoms with E-state index in [-0.39, 0.29) is 0 Å². The fourth-order valence-electron chi connectivity index (χ4n) is 0.824. The summed E-state index contributed by atoms with van der Waals surface area (Å²) in [4.78, 5) is 3.54. The van der Waals surface area contributed by atoms with Gasteiger partial charge in [0.25, 0.3) is 0 Å². The maximum atomic E-state index is 12.3. The highest BCUT2D eigenvalue weighted by molar-refractivity contribution is 5.09. The smallest absolute Gasteiger partial charge is 0.212 e. The second-order valence-electron chi connectivity index (χ2n) is 2.34. The van der Waals surface area contributed by atoms with E-state index in [9.17, 15) is 4.39 Å². The number of pyridine rings is 1. The average molecular weight is 154 g/mol. The second-order valence-corrected chi connectivity index (χ2v) is 2.34. The largest absolute Gasteiger partial charge is 0.319 e.